The molecule has 1 saturated carbocycles. The molecule has 0 amide bonds. The van der Waals surface area contributed by atoms with Crippen molar-refractivity contribution in [3.05, 3.63) is 36.0 Å². The van der Waals surface area contributed by atoms with Crippen molar-refractivity contribution in [2.75, 3.05) is 16.2 Å². The van der Waals surface area contributed by atoms with Crippen LogP contribution in [0.5, 0.6) is 0 Å². The van der Waals surface area contributed by atoms with Crippen molar-refractivity contribution in [2.45, 2.75) is 25.1 Å². The summed E-state index contributed by atoms with van der Waals surface area (Å²) < 4.78 is 61.7. The van der Waals surface area contributed by atoms with Gasteiger partial charge in [0.25, 0.3) is 0 Å². The van der Waals surface area contributed by atoms with Crippen molar-refractivity contribution in [3.63, 3.8) is 0 Å². The fraction of sp³-hybridized carbons (Fsp3) is 0.286. The monoisotopic (exact) mass is 387 g/mol. The molecule has 2 aromatic rings. The van der Waals surface area contributed by atoms with Crippen LogP contribution in [0.2, 0.25) is 0 Å². The number of nitrogens with zero attached hydrogens (tertiary/aromatic N) is 3. The average Bonchev–Trinajstić information content (AvgIpc) is 3.37. The minimum Gasteiger partial charge on any atom is -0.454 e. The van der Waals surface area contributed by atoms with E-state index < -0.39 is 22.7 Å². The van der Waals surface area contributed by atoms with Crippen molar-refractivity contribution in [3.8, 4) is 0 Å². The molecule has 1 aromatic carbocycles. The first-order valence-corrected chi connectivity index (χ1v) is 8.53. The topological polar surface area (TPSA) is 112 Å². The van der Waals surface area contributed by atoms with Crippen LogP contribution < -0.4 is 16.2 Å². The fourth-order valence-electron chi connectivity index (χ4n) is 1.96. The second kappa shape index (κ2) is 7.33. The predicted octanol–water partition coefficient (Wildman–Crippen LogP) is 3.76. The summed E-state index contributed by atoms with van der Waals surface area (Å²) in [6, 6.07) is 6.91. The van der Waals surface area contributed by atoms with E-state index in [4.69, 9.17) is 4.55 Å². The quantitative estimate of drug-likeness (QED) is 0.339. The smallest absolute Gasteiger partial charge is 0.433 e. The zero-order valence-electron chi connectivity index (χ0n) is 13.1. The standard InChI is InChI=1S/C14H14F3N6O2S/c15-14(16,17)11-7-12(20-13(19-11)18-8-1-2-8)22-21-9-3-5-10(6-4-9)23-26(24)25/h3-8,21H,1-2H2,(H,23,24,25)(H2,18,19,20,22)/q-1. The molecule has 1 aliphatic rings. The molecule has 26 heavy (non-hydrogen) atoms. The molecule has 12 heteroatoms. The minimum absolute atomic E-state index is 0.0549. The fourth-order valence-corrected chi connectivity index (χ4v) is 2.27. The number of rotatable bonds is 6. The van der Waals surface area contributed by atoms with Gasteiger partial charge in [-0.3, -0.25) is 10.9 Å². The number of alkyl halides is 3. The maximum atomic E-state index is 13.0. The van der Waals surface area contributed by atoms with Gasteiger partial charge < -0.3 is 18.4 Å². The Hall–Kier alpha value is -2.60. The Morgan fingerprint density at radius 2 is 1.85 bits per heavy atom. The second-order valence-corrected chi connectivity index (χ2v) is 6.14. The van der Waals surface area contributed by atoms with Gasteiger partial charge >= 0.3 is 6.18 Å². The highest BCUT2D eigenvalue weighted by Gasteiger charge is 2.34. The summed E-state index contributed by atoms with van der Waals surface area (Å²) >= 11 is 0. The van der Waals surface area contributed by atoms with E-state index in [1.807, 2.05) is 0 Å². The van der Waals surface area contributed by atoms with Gasteiger partial charge in [-0.1, -0.05) is 10.9 Å². The zero-order chi connectivity index (χ0) is 18.7. The molecule has 0 aliphatic heterocycles. The summed E-state index contributed by atoms with van der Waals surface area (Å²) in [5.41, 5.74) is 5.01. The maximum absolute atomic E-state index is 13.0. The first-order chi connectivity index (χ1) is 12.3. The van der Waals surface area contributed by atoms with E-state index in [2.05, 4.69) is 30.5 Å². The molecule has 8 nitrogen and oxygen atoms in total. The molecule has 0 atom stereocenters. The molecule has 1 heterocycles. The molecule has 0 radical (unpaired) electrons. The van der Waals surface area contributed by atoms with Crippen LogP contribution in [0.15, 0.2) is 34.7 Å². The molecule has 0 spiro atoms. The molecule has 4 N–H and O–H groups in total. The lowest BCUT2D eigenvalue weighted by Gasteiger charge is -2.14. The third-order valence-electron chi connectivity index (χ3n) is 3.31. The first kappa shape index (κ1) is 18.2. The van der Waals surface area contributed by atoms with Gasteiger partial charge in [-0.25, -0.2) is 4.98 Å². The van der Waals surface area contributed by atoms with E-state index in [9.17, 15) is 17.4 Å². The molecule has 1 aliphatic carbocycles. The van der Waals surface area contributed by atoms with Crippen LogP contribution in [0.4, 0.5) is 36.3 Å². The van der Waals surface area contributed by atoms with Crippen molar-refractivity contribution in [1.82, 2.24) is 9.97 Å². The largest absolute Gasteiger partial charge is 0.454 e. The Balaban J connectivity index is 1.73. The van der Waals surface area contributed by atoms with Gasteiger partial charge in [-0.2, -0.15) is 18.2 Å². The summed E-state index contributed by atoms with van der Waals surface area (Å²) in [5, 5.41) is 2.84. The van der Waals surface area contributed by atoms with Crippen LogP contribution in [0.3, 0.4) is 0 Å². The van der Waals surface area contributed by atoms with E-state index >= 15 is 0 Å². The Morgan fingerprint density at radius 3 is 2.42 bits per heavy atom. The number of benzene rings is 1. The molecular formula is C14H14F3N6O2S-. The van der Waals surface area contributed by atoms with Crippen molar-refractivity contribution in [1.29, 1.82) is 0 Å². The summed E-state index contributed by atoms with van der Waals surface area (Å²) in [5.74, 6) is -0.146. The van der Waals surface area contributed by atoms with Crippen LogP contribution in [0, 0.1) is 0 Å². The predicted molar refractivity (Wildman–Crippen MR) is 90.1 cm³/mol. The normalized spacial score (nSPS) is 15.5. The van der Waals surface area contributed by atoms with Crippen LogP contribution in [-0.2, 0) is 21.3 Å². The Bertz CT molecular complexity index is 864. The number of hydrogen-bond donors (Lipinski definition) is 4. The van der Waals surface area contributed by atoms with Crippen LogP contribution in [0.1, 0.15) is 18.5 Å². The van der Waals surface area contributed by atoms with Gasteiger partial charge in [0.2, 0.25) is 5.95 Å². The first-order valence-electron chi connectivity index (χ1n) is 7.47. The van der Waals surface area contributed by atoms with Gasteiger partial charge in [-0.15, -0.1) is 0 Å². The molecular weight excluding hydrogens is 373 g/mol. The highest BCUT2D eigenvalue weighted by molar-refractivity contribution is 7.68. The number of hydrogen-bond acceptors (Lipinski definition) is 8. The highest BCUT2D eigenvalue weighted by atomic mass is 32.2. The van der Waals surface area contributed by atoms with E-state index in [-0.39, 0.29) is 23.5 Å². The summed E-state index contributed by atoms with van der Waals surface area (Å²) in [6.45, 7) is 0. The SMILES string of the molecule is O=[S-](O)=Nc1ccc(NNc2cc(C(F)(F)F)nc(NC3CC3)n2)cc1. The lowest BCUT2D eigenvalue weighted by atomic mass is 10.3. The summed E-state index contributed by atoms with van der Waals surface area (Å²) in [7, 11) is -2.31. The van der Waals surface area contributed by atoms with E-state index in [0.29, 0.717) is 5.69 Å². The van der Waals surface area contributed by atoms with E-state index in [1.165, 1.54) is 24.3 Å². The Morgan fingerprint density at radius 1 is 1.15 bits per heavy atom. The van der Waals surface area contributed by atoms with E-state index in [1.54, 1.807) is 0 Å². The molecule has 0 saturated heterocycles. The third-order valence-corrected chi connectivity index (χ3v) is 3.68. The molecule has 1 aromatic heterocycles. The number of anilines is 3. The van der Waals surface area contributed by atoms with Gasteiger partial charge in [0.15, 0.2) is 11.5 Å². The maximum Gasteiger partial charge on any atom is 0.433 e. The average molecular weight is 387 g/mol. The molecule has 3 rings (SSSR count). The lowest BCUT2D eigenvalue weighted by Crippen LogP contribution is -2.17. The third kappa shape index (κ3) is 5.20. The van der Waals surface area contributed by atoms with E-state index in [0.717, 1.165) is 18.9 Å². The second-order valence-electron chi connectivity index (χ2n) is 5.50. The Kier molecular flexibility index (Phi) is 5.13. The molecule has 0 unspecified atom stereocenters. The van der Waals surface area contributed by atoms with Gasteiger partial charge in [-0.05, 0) is 37.1 Å². The minimum atomic E-state index is -4.59. The number of aromatic nitrogens is 2. The molecule has 1 fully saturated rings. The van der Waals surface area contributed by atoms with Gasteiger partial charge in [0.1, 0.15) is 0 Å². The summed E-state index contributed by atoms with van der Waals surface area (Å²) in [6.07, 6.45) is -2.85. The number of halogens is 3. The number of hydrazine groups is 1. The summed E-state index contributed by atoms with van der Waals surface area (Å²) in [4.78, 5) is 7.51. The van der Waals surface area contributed by atoms with Crippen LogP contribution in [-0.4, -0.2) is 20.6 Å². The van der Waals surface area contributed by atoms with Crippen molar-refractivity contribution >= 4 is 34.0 Å². The molecule has 0 bridgehead atoms. The number of nitrogens with one attached hydrogen (secondary N) is 3. The van der Waals surface area contributed by atoms with Crippen LogP contribution >= 0.6 is 0 Å². The Labute approximate surface area is 148 Å². The van der Waals surface area contributed by atoms with Crippen molar-refractivity contribution in [2.24, 2.45) is 4.36 Å². The van der Waals surface area contributed by atoms with Gasteiger partial charge in [0.05, 0.1) is 5.69 Å². The molecule has 140 valence electrons. The van der Waals surface area contributed by atoms with Gasteiger partial charge in [0, 0.05) is 17.8 Å². The zero-order valence-corrected chi connectivity index (χ0v) is 13.9. The highest BCUT2D eigenvalue weighted by Crippen LogP contribution is 2.31. The lowest BCUT2D eigenvalue weighted by molar-refractivity contribution is -0.141. The van der Waals surface area contributed by atoms with Crippen LogP contribution in [0.25, 0.3) is 0 Å². The van der Waals surface area contributed by atoms with Crippen molar-refractivity contribution < 1.29 is 21.9 Å².